The van der Waals surface area contributed by atoms with E-state index in [0.29, 0.717) is 18.0 Å². The molecule has 0 amide bonds. The van der Waals surface area contributed by atoms with Crippen molar-refractivity contribution in [2.45, 2.75) is 13.0 Å². The molecule has 5 nitrogen and oxygen atoms in total. The Labute approximate surface area is 112 Å². The highest BCUT2D eigenvalue weighted by molar-refractivity contribution is 5.43. The van der Waals surface area contributed by atoms with Crippen molar-refractivity contribution in [1.82, 2.24) is 9.78 Å². The zero-order valence-corrected chi connectivity index (χ0v) is 11.5. The molecule has 5 heteroatoms. The van der Waals surface area contributed by atoms with Gasteiger partial charge < -0.3 is 15.2 Å². The van der Waals surface area contributed by atoms with E-state index in [-0.39, 0.29) is 6.10 Å². The molecule has 0 aliphatic rings. The number of rotatable bonds is 5. The summed E-state index contributed by atoms with van der Waals surface area (Å²) in [5.41, 5.74) is 7.85. The largest absolute Gasteiger partial charge is 0.493 e. The molecule has 0 aliphatic carbocycles. The topological polar surface area (TPSA) is 62.3 Å². The van der Waals surface area contributed by atoms with Gasteiger partial charge in [-0.2, -0.15) is 5.10 Å². The van der Waals surface area contributed by atoms with E-state index in [0.717, 1.165) is 11.1 Å². The van der Waals surface area contributed by atoms with Crippen molar-refractivity contribution < 1.29 is 9.47 Å². The predicted octanol–water partition coefficient (Wildman–Crippen LogP) is 1.82. The number of aromatic nitrogens is 2. The van der Waals surface area contributed by atoms with Crippen LogP contribution < -0.4 is 15.2 Å². The van der Waals surface area contributed by atoms with Crippen LogP contribution in [-0.2, 0) is 7.05 Å². The van der Waals surface area contributed by atoms with E-state index >= 15 is 0 Å². The van der Waals surface area contributed by atoms with Gasteiger partial charge in [-0.1, -0.05) is 6.07 Å². The molecule has 0 radical (unpaired) electrons. The summed E-state index contributed by atoms with van der Waals surface area (Å²) in [6.45, 7) is 2.39. The van der Waals surface area contributed by atoms with Crippen LogP contribution in [0.1, 0.15) is 17.2 Å². The van der Waals surface area contributed by atoms with Crippen LogP contribution in [0.15, 0.2) is 30.6 Å². The second kappa shape index (κ2) is 5.75. The molecule has 1 aromatic carbocycles. The summed E-state index contributed by atoms with van der Waals surface area (Å²) in [5.74, 6) is 1.40. The van der Waals surface area contributed by atoms with Crippen LogP contribution in [0, 0.1) is 6.92 Å². The summed E-state index contributed by atoms with van der Waals surface area (Å²) in [6, 6.07) is 5.81. The highest BCUT2D eigenvalue weighted by Crippen LogP contribution is 2.31. The molecular weight excluding hydrogens is 242 g/mol. The van der Waals surface area contributed by atoms with Crippen LogP contribution in [0.5, 0.6) is 11.5 Å². The van der Waals surface area contributed by atoms with E-state index in [9.17, 15) is 0 Å². The monoisotopic (exact) mass is 261 g/mol. The van der Waals surface area contributed by atoms with Crippen LogP contribution in [-0.4, -0.2) is 23.4 Å². The Balaban J connectivity index is 2.23. The zero-order chi connectivity index (χ0) is 13.8. The van der Waals surface area contributed by atoms with Gasteiger partial charge in [0.1, 0.15) is 6.10 Å². The third-order valence-corrected chi connectivity index (χ3v) is 2.90. The van der Waals surface area contributed by atoms with E-state index in [1.807, 2.05) is 38.4 Å². The number of nitrogens with two attached hydrogens (primary N) is 1. The number of aryl methyl sites for hydroxylation is 2. The van der Waals surface area contributed by atoms with Crippen molar-refractivity contribution in [2.24, 2.45) is 12.8 Å². The maximum absolute atomic E-state index is 5.94. The Morgan fingerprint density at radius 1 is 1.37 bits per heavy atom. The Hall–Kier alpha value is -2.01. The average Bonchev–Trinajstić information content (AvgIpc) is 2.83. The third kappa shape index (κ3) is 3.06. The molecule has 0 saturated heterocycles. The molecule has 1 aromatic heterocycles. The van der Waals surface area contributed by atoms with Crippen molar-refractivity contribution in [3.63, 3.8) is 0 Å². The lowest BCUT2D eigenvalue weighted by molar-refractivity contribution is 0.204. The third-order valence-electron chi connectivity index (χ3n) is 2.90. The summed E-state index contributed by atoms with van der Waals surface area (Å²) in [5, 5.41) is 4.13. The number of ether oxygens (including phenoxy) is 2. The lowest BCUT2D eigenvalue weighted by Gasteiger charge is -2.18. The fraction of sp³-hybridized carbons (Fsp3) is 0.357. The molecule has 1 atom stereocenters. The van der Waals surface area contributed by atoms with Gasteiger partial charge in [-0.25, -0.2) is 0 Å². The van der Waals surface area contributed by atoms with Gasteiger partial charge in [-0.05, 0) is 24.6 Å². The molecule has 1 unspecified atom stereocenters. The van der Waals surface area contributed by atoms with Gasteiger partial charge in [-0.3, -0.25) is 4.68 Å². The lowest BCUT2D eigenvalue weighted by Crippen LogP contribution is -2.18. The van der Waals surface area contributed by atoms with Gasteiger partial charge in [-0.15, -0.1) is 0 Å². The molecule has 1 heterocycles. The van der Waals surface area contributed by atoms with Crippen molar-refractivity contribution in [3.8, 4) is 11.5 Å². The first-order valence-electron chi connectivity index (χ1n) is 6.14. The quantitative estimate of drug-likeness (QED) is 0.891. The molecular formula is C14H19N3O2. The number of benzene rings is 1. The van der Waals surface area contributed by atoms with E-state index in [1.54, 1.807) is 18.0 Å². The molecule has 0 fully saturated rings. The lowest BCUT2D eigenvalue weighted by atomic mass is 10.2. The Bertz CT molecular complexity index is 551. The molecule has 2 N–H and O–H groups in total. The van der Waals surface area contributed by atoms with Gasteiger partial charge in [0.15, 0.2) is 11.5 Å². The van der Waals surface area contributed by atoms with Crippen LogP contribution in [0.25, 0.3) is 0 Å². The molecule has 2 aromatic rings. The maximum atomic E-state index is 5.94. The van der Waals surface area contributed by atoms with Crippen LogP contribution in [0.2, 0.25) is 0 Å². The van der Waals surface area contributed by atoms with Gasteiger partial charge in [0.25, 0.3) is 0 Å². The Morgan fingerprint density at radius 2 is 2.16 bits per heavy atom. The van der Waals surface area contributed by atoms with Gasteiger partial charge in [0, 0.05) is 25.4 Å². The molecule has 2 rings (SSSR count). The van der Waals surface area contributed by atoms with Crippen molar-refractivity contribution >= 4 is 0 Å². The molecule has 0 aliphatic heterocycles. The standard InChI is InChI=1S/C14H19N3O2/c1-10-4-5-12(13(6-10)18-3)19-14(7-15)11-8-16-17(2)9-11/h4-6,8-9,14H,7,15H2,1-3H3. The summed E-state index contributed by atoms with van der Waals surface area (Å²) in [4.78, 5) is 0. The highest BCUT2D eigenvalue weighted by Gasteiger charge is 2.15. The second-order valence-corrected chi connectivity index (χ2v) is 4.44. The first-order chi connectivity index (χ1) is 9.13. The number of methoxy groups -OCH3 is 1. The Morgan fingerprint density at radius 3 is 2.74 bits per heavy atom. The first kappa shape index (κ1) is 13.4. The molecule has 102 valence electrons. The SMILES string of the molecule is COc1cc(C)ccc1OC(CN)c1cnn(C)c1. The van der Waals surface area contributed by atoms with Gasteiger partial charge in [0.2, 0.25) is 0 Å². The van der Waals surface area contributed by atoms with Crippen LogP contribution in [0.3, 0.4) is 0 Å². The number of nitrogens with zero attached hydrogens (tertiary/aromatic N) is 2. The maximum Gasteiger partial charge on any atom is 0.162 e. The minimum atomic E-state index is -0.231. The summed E-state index contributed by atoms with van der Waals surface area (Å²) < 4.78 is 13.0. The van der Waals surface area contributed by atoms with Crippen molar-refractivity contribution in [2.75, 3.05) is 13.7 Å². The second-order valence-electron chi connectivity index (χ2n) is 4.44. The minimum absolute atomic E-state index is 0.231. The van der Waals surface area contributed by atoms with Gasteiger partial charge in [0.05, 0.1) is 13.3 Å². The molecule has 0 saturated carbocycles. The smallest absolute Gasteiger partial charge is 0.162 e. The van der Waals surface area contributed by atoms with Crippen molar-refractivity contribution in [1.29, 1.82) is 0 Å². The fourth-order valence-corrected chi connectivity index (χ4v) is 1.88. The number of hydrogen-bond donors (Lipinski definition) is 1. The zero-order valence-electron chi connectivity index (χ0n) is 11.5. The molecule has 19 heavy (non-hydrogen) atoms. The average molecular weight is 261 g/mol. The van der Waals surface area contributed by atoms with Gasteiger partial charge >= 0.3 is 0 Å². The van der Waals surface area contributed by atoms with Crippen molar-refractivity contribution in [3.05, 3.63) is 41.7 Å². The summed E-state index contributed by atoms with van der Waals surface area (Å²) in [6.07, 6.45) is 3.43. The number of hydrogen-bond acceptors (Lipinski definition) is 4. The first-order valence-corrected chi connectivity index (χ1v) is 6.14. The highest BCUT2D eigenvalue weighted by atomic mass is 16.5. The molecule has 0 bridgehead atoms. The van der Waals surface area contributed by atoms with Crippen LogP contribution in [0.4, 0.5) is 0 Å². The summed E-state index contributed by atoms with van der Waals surface area (Å²) >= 11 is 0. The van der Waals surface area contributed by atoms with Crippen LogP contribution >= 0.6 is 0 Å². The Kier molecular flexibility index (Phi) is 4.06. The fourth-order valence-electron chi connectivity index (χ4n) is 1.88. The molecule has 0 spiro atoms. The van der Waals surface area contributed by atoms with E-state index in [4.69, 9.17) is 15.2 Å². The van der Waals surface area contributed by atoms with E-state index in [1.165, 1.54) is 0 Å². The summed E-state index contributed by atoms with van der Waals surface area (Å²) in [7, 11) is 3.49. The van der Waals surface area contributed by atoms with E-state index in [2.05, 4.69) is 5.10 Å². The minimum Gasteiger partial charge on any atom is -0.493 e. The van der Waals surface area contributed by atoms with E-state index < -0.39 is 0 Å². The predicted molar refractivity (Wildman–Crippen MR) is 73.4 cm³/mol. The normalized spacial score (nSPS) is 12.2.